The SMILES string of the molecule is CCC(COC(=O)NC1CC(C)(C)CC(C)(CNC(=O)OCCOc2c(OC)cc(/C=[N+](\C)O)cc2OC)C1)(COC(=O)NC1CC(C)(C)CC(C)(CNC(=O)OCCOc2c(OC)cc(/C=[N+](\C)O)cc2OC)C1)COC(=O)NC1CC(C)(C)CC(C)(CNC(=O)OCCOc2c(OC)cc(/C=[N+](\C)O)cc2OC)C1. The number of hydrogen-bond acceptors (Lipinski definition) is 24. The minimum Gasteiger partial charge on any atom is -0.493 e. The summed E-state index contributed by atoms with van der Waals surface area (Å²) in [6, 6.07) is 8.72. The van der Waals surface area contributed by atoms with Gasteiger partial charge in [0.05, 0.1) is 64.8 Å². The number of alkyl carbamates (subject to hydrolysis) is 6. The number of nitrogens with one attached hydrogen (secondary N) is 6. The Bertz CT molecular complexity index is 3290. The summed E-state index contributed by atoms with van der Waals surface area (Å²) < 4.78 is 88.2. The van der Waals surface area contributed by atoms with Crippen LogP contribution in [0.15, 0.2) is 36.4 Å². The Hall–Kier alpha value is -10.1. The summed E-state index contributed by atoms with van der Waals surface area (Å²) in [5.41, 5.74) is -1.94. The summed E-state index contributed by atoms with van der Waals surface area (Å²) in [6.45, 7) is 19.6. The molecule has 9 N–H and O–H groups in total. The van der Waals surface area contributed by atoms with Gasteiger partial charge in [-0.3, -0.25) is 15.6 Å². The van der Waals surface area contributed by atoms with Crippen LogP contribution in [-0.4, -0.2) is 246 Å². The Balaban J connectivity index is 1.08. The van der Waals surface area contributed by atoms with Gasteiger partial charge in [0.1, 0.15) is 59.5 Å². The molecule has 6 atom stereocenters. The maximum Gasteiger partial charge on any atom is 0.407 e. The van der Waals surface area contributed by atoms with E-state index in [1.54, 1.807) is 36.4 Å². The molecule has 3 aliphatic rings. The average molecular weight is 1570 g/mol. The highest BCUT2D eigenvalue weighted by Gasteiger charge is 2.46. The van der Waals surface area contributed by atoms with Crippen LogP contribution in [-0.2, 0) is 28.4 Å². The van der Waals surface area contributed by atoms with Crippen molar-refractivity contribution in [1.29, 1.82) is 0 Å². The van der Waals surface area contributed by atoms with E-state index in [0.717, 1.165) is 14.2 Å². The van der Waals surface area contributed by atoms with Crippen molar-refractivity contribution in [2.75, 3.05) is 143 Å². The third-order valence-corrected chi connectivity index (χ3v) is 19.7. The minimum absolute atomic E-state index is 0.0330. The van der Waals surface area contributed by atoms with Gasteiger partial charge in [0, 0.05) is 37.8 Å². The molecular weight excluding hydrogens is 1450 g/mol. The Labute approximate surface area is 651 Å². The van der Waals surface area contributed by atoms with Crippen molar-refractivity contribution >= 4 is 55.2 Å². The number of ether oxygens (including phenoxy) is 15. The summed E-state index contributed by atoms with van der Waals surface area (Å²) in [4.78, 5) is 82.0. The molecule has 33 heteroatoms. The van der Waals surface area contributed by atoms with E-state index in [1.807, 2.05) is 27.7 Å². The number of carbonyl (C=O) groups excluding carboxylic acids is 6. The summed E-state index contributed by atoms with van der Waals surface area (Å²) >= 11 is 0. The largest absolute Gasteiger partial charge is 0.493 e. The van der Waals surface area contributed by atoms with Gasteiger partial charge < -0.3 is 103 Å². The molecule has 0 heterocycles. The fourth-order valence-electron chi connectivity index (χ4n) is 16.2. The van der Waals surface area contributed by atoms with Crippen molar-refractivity contribution < 1.29 is 130 Å². The monoisotopic (exact) mass is 1570 g/mol. The molecule has 0 bridgehead atoms. The molecule has 33 nitrogen and oxygen atoms in total. The summed E-state index contributed by atoms with van der Waals surface area (Å²) in [5, 5.41) is 47.0. The lowest BCUT2D eigenvalue weighted by molar-refractivity contribution is -0.750. The van der Waals surface area contributed by atoms with E-state index in [4.69, 9.17) is 71.1 Å². The van der Waals surface area contributed by atoms with Crippen LogP contribution in [0.1, 0.15) is 150 Å². The van der Waals surface area contributed by atoms with Gasteiger partial charge in [0.25, 0.3) is 0 Å². The molecule has 0 aliphatic heterocycles. The lowest BCUT2D eigenvalue weighted by Gasteiger charge is -2.46. The second kappa shape index (κ2) is 40.2. The standard InChI is InChI=1S/C78H119N9O24/c1-20-78(48-109-69(91)82-54-33-72(2,3)42-75(8,36-54)45-79-66(88)106-24-21-103-63-57(97-14)27-51(39-85(11)94)28-58(63)98-15,49-110-70(92)83-55-34-73(4,5)43-76(9,37-55)46-80-67(89)107-25-22-104-64-59(99-16)29-52(40-86(12)95)30-60(64)100-17)50-111-71(93)84-56-35-74(6,7)44-77(10,38-56)47-81-68(90)108-26-23-105-65-61(101-18)31-53(41-87(13)96)32-62(65)102-19/h27-32,39-41,54-56H,20-26,33-38,42-50H2,1-19H3,(H6-3,79,80,81,82,83,84,88,89,90,91,92,93,94,95,96)/p+3/b85-39+,86-40+,87-41+. The quantitative estimate of drug-likeness (QED) is 0.00647. The predicted octanol–water partition coefficient (Wildman–Crippen LogP) is 10.1. The van der Waals surface area contributed by atoms with Gasteiger partial charge in [0.15, 0.2) is 55.6 Å². The maximum absolute atomic E-state index is 14.2. The van der Waals surface area contributed by atoms with Crippen LogP contribution in [0.25, 0.3) is 0 Å². The maximum atomic E-state index is 14.2. The van der Waals surface area contributed by atoms with Crippen LogP contribution in [0.4, 0.5) is 28.8 Å². The first-order valence-electron chi connectivity index (χ1n) is 37.2. The summed E-state index contributed by atoms with van der Waals surface area (Å²) in [7, 11) is 13.2. The molecule has 6 amide bonds. The van der Waals surface area contributed by atoms with E-state index in [0.29, 0.717) is 109 Å². The number of benzene rings is 3. The van der Waals surface area contributed by atoms with Crippen molar-refractivity contribution in [3.63, 3.8) is 0 Å². The molecule has 6 unspecified atom stereocenters. The molecular formula is C78H122N9O24+3. The van der Waals surface area contributed by atoms with Crippen LogP contribution >= 0.6 is 0 Å². The number of carbonyl (C=O) groups is 6. The minimum atomic E-state index is -1.27. The molecule has 3 aromatic carbocycles. The highest BCUT2D eigenvalue weighted by Crippen LogP contribution is 2.49. The van der Waals surface area contributed by atoms with E-state index in [2.05, 4.69) is 73.4 Å². The number of hydroxylamine groups is 3. The zero-order chi connectivity index (χ0) is 82.1. The number of amides is 6. The lowest BCUT2D eigenvalue weighted by atomic mass is 9.62. The Morgan fingerprint density at radius 1 is 0.387 bits per heavy atom. The van der Waals surface area contributed by atoms with E-state index in [-0.39, 0.29) is 119 Å². The zero-order valence-corrected chi connectivity index (χ0v) is 68.2. The first kappa shape index (κ1) is 89.8. The van der Waals surface area contributed by atoms with Gasteiger partial charge >= 0.3 is 36.6 Å². The highest BCUT2D eigenvalue weighted by molar-refractivity contribution is 5.81. The highest BCUT2D eigenvalue weighted by atomic mass is 16.6. The van der Waals surface area contributed by atoms with Crippen molar-refractivity contribution in [2.45, 2.75) is 152 Å². The topological polar surface area (TPSA) is 383 Å². The van der Waals surface area contributed by atoms with Gasteiger partial charge in [-0.25, -0.2) is 28.8 Å². The van der Waals surface area contributed by atoms with Crippen LogP contribution in [0.5, 0.6) is 51.7 Å². The normalized spacial score (nSPS) is 21.9. The molecule has 3 aromatic rings. The summed E-state index contributed by atoms with van der Waals surface area (Å²) in [6.07, 6.45) is 5.53. The van der Waals surface area contributed by atoms with Crippen LogP contribution in [0.3, 0.4) is 0 Å². The number of rotatable bonds is 37. The van der Waals surface area contributed by atoms with Crippen LogP contribution in [0, 0.1) is 37.9 Å². The van der Waals surface area contributed by atoms with Crippen molar-refractivity contribution in [2.24, 2.45) is 37.9 Å². The van der Waals surface area contributed by atoms with E-state index in [9.17, 15) is 44.4 Å². The lowest BCUT2D eigenvalue weighted by Crippen LogP contribution is -2.52. The Morgan fingerprint density at radius 3 is 0.829 bits per heavy atom. The third kappa shape index (κ3) is 28.9. The van der Waals surface area contributed by atoms with Crippen molar-refractivity contribution in [3.8, 4) is 51.7 Å². The molecule has 0 radical (unpaired) electrons. The van der Waals surface area contributed by atoms with Crippen LogP contribution in [0.2, 0.25) is 0 Å². The van der Waals surface area contributed by atoms with Gasteiger partial charge in [0.2, 0.25) is 35.9 Å². The number of nitrogens with zero attached hydrogens (tertiary/aromatic N) is 3. The van der Waals surface area contributed by atoms with Gasteiger partial charge in [-0.2, -0.15) is 0 Å². The molecule has 6 rings (SSSR count). The predicted molar refractivity (Wildman–Crippen MR) is 407 cm³/mol. The van der Waals surface area contributed by atoms with E-state index in [1.165, 1.54) is 82.4 Å². The fraction of sp³-hybridized carbons (Fsp3) is 0.654. The van der Waals surface area contributed by atoms with E-state index >= 15 is 0 Å². The average Bonchev–Trinajstić information content (AvgIpc) is 0.807. The Morgan fingerprint density at radius 2 is 0.622 bits per heavy atom. The molecule has 3 fully saturated rings. The first-order chi connectivity index (χ1) is 52.2. The fourth-order valence-corrected chi connectivity index (χ4v) is 16.2. The second-order valence-electron chi connectivity index (χ2n) is 32.7. The summed E-state index contributed by atoms with van der Waals surface area (Å²) in [5.74, 6) is 2.91. The Kier molecular flexibility index (Phi) is 32.5. The molecule has 620 valence electrons. The second-order valence-corrected chi connectivity index (χ2v) is 32.7. The van der Waals surface area contributed by atoms with E-state index < -0.39 is 76.3 Å². The number of hydrogen-bond donors (Lipinski definition) is 9. The molecule has 3 saturated carbocycles. The first-order valence-corrected chi connectivity index (χ1v) is 37.2. The van der Waals surface area contributed by atoms with Crippen LogP contribution < -0.4 is 74.5 Å². The molecule has 3 aliphatic carbocycles. The smallest absolute Gasteiger partial charge is 0.407 e. The molecule has 111 heavy (non-hydrogen) atoms. The number of methoxy groups -OCH3 is 6. The van der Waals surface area contributed by atoms with Crippen molar-refractivity contribution in [1.82, 2.24) is 31.9 Å². The molecule has 0 saturated heterocycles. The molecule has 0 aromatic heterocycles. The zero-order valence-electron chi connectivity index (χ0n) is 68.2. The van der Waals surface area contributed by atoms with Crippen molar-refractivity contribution in [3.05, 3.63) is 53.1 Å². The third-order valence-electron chi connectivity index (χ3n) is 19.7. The molecule has 0 spiro atoms. The van der Waals surface area contributed by atoms with Gasteiger partial charge in [-0.15, -0.1) is 0 Å². The van der Waals surface area contributed by atoms with Gasteiger partial charge in [-0.05, 0) is 147 Å². The van der Waals surface area contributed by atoms with Gasteiger partial charge in [-0.1, -0.05) is 69.2 Å².